The van der Waals surface area contributed by atoms with Crippen molar-refractivity contribution in [3.8, 4) is 0 Å². The molecule has 0 aliphatic heterocycles. The number of rotatable bonds is 15. The quantitative estimate of drug-likeness (QED) is 0.217. The van der Waals surface area contributed by atoms with E-state index in [-0.39, 0.29) is 17.5 Å². The van der Waals surface area contributed by atoms with Crippen LogP contribution >= 0.6 is 0 Å². The van der Waals surface area contributed by atoms with E-state index in [1.54, 1.807) is 13.0 Å². The van der Waals surface area contributed by atoms with E-state index < -0.39 is 0 Å². The van der Waals surface area contributed by atoms with Crippen LogP contribution in [0.2, 0.25) is 0 Å². The van der Waals surface area contributed by atoms with Crippen molar-refractivity contribution >= 4 is 11.6 Å². The second kappa shape index (κ2) is 14.7. The number of carbonyl (C=O) groups is 2. The molecule has 0 saturated carbocycles. The zero-order chi connectivity index (χ0) is 16.6. The normalized spacial score (nSPS) is 12.5. The standard InChI is InChI=1S/C20H34O2/c1-4-6-8-9-10-11-12-13-15-20(22)17-19(14-7-5-2)16-18(3)21/h5,13,15,19H,2,4,6-12,14,16-17H2,1,3H3/b15-13-. The lowest BCUT2D eigenvalue weighted by molar-refractivity contribution is -0.118. The zero-order valence-corrected chi connectivity index (χ0v) is 14.6. The average molecular weight is 306 g/mol. The molecule has 0 amide bonds. The van der Waals surface area contributed by atoms with Crippen molar-refractivity contribution in [3.63, 3.8) is 0 Å². The summed E-state index contributed by atoms with van der Waals surface area (Å²) in [5, 5.41) is 0. The van der Waals surface area contributed by atoms with E-state index in [4.69, 9.17) is 0 Å². The summed E-state index contributed by atoms with van der Waals surface area (Å²) < 4.78 is 0. The van der Waals surface area contributed by atoms with Crippen molar-refractivity contribution in [1.82, 2.24) is 0 Å². The van der Waals surface area contributed by atoms with Gasteiger partial charge in [-0.1, -0.05) is 51.2 Å². The fourth-order valence-corrected chi connectivity index (χ4v) is 2.65. The summed E-state index contributed by atoms with van der Waals surface area (Å²) in [7, 11) is 0. The van der Waals surface area contributed by atoms with Crippen LogP contribution in [0.15, 0.2) is 24.8 Å². The van der Waals surface area contributed by atoms with Gasteiger partial charge in [0.15, 0.2) is 5.78 Å². The van der Waals surface area contributed by atoms with Crippen molar-refractivity contribution in [2.45, 2.75) is 84.5 Å². The summed E-state index contributed by atoms with van der Waals surface area (Å²) >= 11 is 0. The molecule has 0 aromatic carbocycles. The highest BCUT2D eigenvalue weighted by Crippen LogP contribution is 2.17. The molecule has 0 spiro atoms. The molecule has 0 fully saturated rings. The SMILES string of the molecule is C=CCCC(CC(C)=O)CC(=O)/C=C\CCCCCCCC. The Hall–Kier alpha value is -1.18. The Morgan fingerprint density at radius 2 is 1.68 bits per heavy atom. The second-order valence-electron chi connectivity index (χ2n) is 6.27. The molecule has 0 rings (SSSR count). The highest BCUT2D eigenvalue weighted by atomic mass is 16.1. The minimum atomic E-state index is 0.154. The number of Topliss-reactive ketones (excluding diaryl/α,β-unsaturated/α-hetero) is 1. The second-order valence-corrected chi connectivity index (χ2v) is 6.27. The molecule has 22 heavy (non-hydrogen) atoms. The summed E-state index contributed by atoms with van der Waals surface area (Å²) in [4.78, 5) is 23.2. The maximum absolute atomic E-state index is 11.9. The molecular weight excluding hydrogens is 272 g/mol. The summed E-state index contributed by atoms with van der Waals surface area (Å²) in [6.45, 7) is 7.53. The van der Waals surface area contributed by atoms with Gasteiger partial charge in [0.1, 0.15) is 5.78 Å². The first-order chi connectivity index (χ1) is 10.6. The lowest BCUT2D eigenvalue weighted by atomic mass is 9.92. The molecule has 1 atom stereocenters. The first-order valence-corrected chi connectivity index (χ1v) is 8.89. The van der Waals surface area contributed by atoms with Crippen molar-refractivity contribution in [2.75, 3.05) is 0 Å². The Morgan fingerprint density at radius 1 is 1.00 bits per heavy atom. The molecule has 0 aliphatic rings. The van der Waals surface area contributed by atoms with Crippen LogP contribution in [0.4, 0.5) is 0 Å². The van der Waals surface area contributed by atoms with Gasteiger partial charge in [-0.05, 0) is 44.6 Å². The number of unbranched alkanes of at least 4 members (excludes halogenated alkanes) is 6. The first kappa shape index (κ1) is 20.8. The van der Waals surface area contributed by atoms with Gasteiger partial charge in [-0.3, -0.25) is 4.79 Å². The van der Waals surface area contributed by atoms with Gasteiger partial charge < -0.3 is 4.79 Å². The molecule has 2 nitrogen and oxygen atoms in total. The maximum Gasteiger partial charge on any atom is 0.155 e. The van der Waals surface area contributed by atoms with Gasteiger partial charge in [0.05, 0.1) is 0 Å². The topological polar surface area (TPSA) is 34.1 Å². The molecule has 2 heteroatoms. The van der Waals surface area contributed by atoms with Crippen molar-refractivity contribution < 1.29 is 9.59 Å². The van der Waals surface area contributed by atoms with Gasteiger partial charge in [-0.2, -0.15) is 0 Å². The van der Waals surface area contributed by atoms with E-state index in [1.807, 2.05) is 12.2 Å². The lowest BCUT2D eigenvalue weighted by Crippen LogP contribution is -2.10. The minimum absolute atomic E-state index is 0.154. The van der Waals surface area contributed by atoms with Gasteiger partial charge in [-0.25, -0.2) is 0 Å². The van der Waals surface area contributed by atoms with Crippen LogP contribution < -0.4 is 0 Å². The number of ketones is 2. The molecule has 0 bridgehead atoms. The molecule has 0 saturated heterocycles. The van der Waals surface area contributed by atoms with Crippen molar-refractivity contribution in [2.24, 2.45) is 5.92 Å². The van der Waals surface area contributed by atoms with Crippen molar-refractivity contribution in [3.05, 3.63) is 24.8 Å². The summed E-state index contributed by atoms with van der Waals surface area (Å²) in [6, 6.07) is 0. The number of hydrogen-bond acceptors (Lipinski definition) is 2. The number of hydrogen-bond donors (Lipinski definition) is 0. The molecular formula is C20H34O2. The smallest absolute Gasteiger partial charge is 0.155 e. The molecule has 0 radical (unpaired) electrons. The van der Waals surface area contributed by atoms with E-state index >= 15 is 0 Å². The fourth-order valence-electron chi connectivity index (χ4n) is 2.65. The molecule has 0 N–H and O–H groups in total. The van der Waals surface area contributed by atoms with Gasteiger partial charge in [0.25, 0.3) is 0 Å². The lowest BCUT2D eigenvalue weighted by Gasteiger charge is -2.12. The molecule has 0 aromatic rings. The van der Waals surface area contributed by atoms with E-state index in [0.717, 1.165) is 19.3 Å². The van der Waals surface area contributed by atoms with E-state index in [2.05, 4.69) is 13.5 Å². The molecule has 0 heterocycles. The van der Waals surface area contributed by atoms with Crippen LogP contribution in [0.1, 0.15) is 84.5 Å². The van der Waals surface area contributed by atoms with Gasteiger partial charge in [0.2, 0.25) is 0 Å². The molecule has 0 aromatic heterocycles. The molecule has 126 valence electrons. The van der Waals surface area contributed by atoms with Crippen molar-refractivity contribution in [1.29, 1.82) is 0 Å². The predicted molar refractivity (Wildman–Crippen MR) is 95.0 cm³/mol. The third-order valence-corrected chi connectivity index (χ3v) is 3.87. The highest BCUT2D eigenvalue weighted by Gasteiger charge is 2.13. The summed E-state index contributed by atoms with van der Waals surface area (Å²) in [6.07, 6.45) is 17.0. The van der Waals surface area contributed by atoms with Crippen LogP contribution in [0.5, 0.6) is 0 Å². The van der Waals surface area contributed by atoms with Crippen LogP contribution in [0.3, 0.4) is 0 Å². The van der Waals surface area contributed by atoms with Gasteiger partial charge in [0, 0.05) is 12.8 Å². The maximum atomic E-state index is 11.9. The summed E-state index contributed by atoms with van der Waals surface area (Å²) in [5.74, 6) is 0.487. The average Bonchev–Trinajstić information content (AvgIpc) is 2.47. The highest BCUT2D eigenvalue weighted by molar-refractivity contribution is 5.90. The minimum Gasteiger partial charge on any atom is -0.300 e. The fraction of sp³-hybridized carbons (Fsp3) is 0.700. The Balaban J connectivity index is 3.88. The van der Waals surface area contributed by atoms with Crippen LogP contribution in [-0.2, 0) is 9.59 Å². The number of allylic oxidation sites excluding steroid dienone is 3. The predicted octanol–water partition coefficient (Wildman–Crippen LogP) is 5.81. The first-order valence-electron chi connectivity index (χ1n) is 8.89. The Kier molecular flexibility index (Phi) is 14.0. The van der Waals surface area contributed by atoms with Gasteiger partial charge in [-0.15, -0.1) is 6.58 Å². The Bertz CT molecular complexity index is 342. The monoisotopic (exact) mass is 306 g/mol. The zero-order valence-electron chi connectivity index (χ0n) is 14.6. The van der Waals surface area contributed by atoms with E-state index in [1.165, 1.54) is 38.5 Å². The molecule has 1 unspecified atom stereocenters. The van der Waals surface area contributed by atoms with Crippen LogP contribution in [0, 0.1) is 5.92 Å². The Labute approximate surface area is 137 Å². The van der Waals surface area contributed by atoms with E-state index in [9.17, 15) is 9.59 Å². The van der Waals surface area contributed by atoms with Crippen LogP contribution in [0.25, 0.3) is 0 Å². The third-order valence-electron chi connectivity index (χ3n) is 3.87. The largest absolute Gasteiger partial charge is 0.300 e. The number of carbonyl (C=O) groups excluding carboxylic acids is 2. The van der Waals surface area contributed by atoms with E-state index in [0.29, 0.717) is 12.8 Å². The molecule has 0 aliphatic carbocycles. The van der Waals surface area contributed by atoms with Crippen LogP contribution in [-0.4, -0.2) is 11.6 Å². The Morgan fingerprint density at radius 3 is 2.32 bits per heavy atom. The third kappa shape index (κ3) is 13.8. The van der Waals surface area contributed by atoms with Gasteiger partial charge >= 0.3 is 0 Å². The summed E-state index contributed by atoms with van der Waals surface area (Å²) in [5.41, 5.74) is 0.